The first-order chi connectivity index (χ1) is 9.86. The number of fused-ring (bicyclic) bond motifs is 2. The SMILES string of the molecule is COC(=O)C(OC)[C@@]1(C)C(=O)CC(=O)[C@H](C)C2CCC1O2. The topological polar surface area (TPSA) is 78.9 Å². The average molecular weight is 298 g/mol. The van der Waals surface area contributed by atoms with E-state index in [9.17, 15) is 14.4 Å². The largest absolute Gasteiger partial charge is 0.467 e. The van der Waals surface area contributed by atoms with Crippen LogP contribution in [0.2, 0.25) is 0 Å². The summed E-state index contributed by atoms with van der Waals surface area (Å²) in [4.78, 5) is 36.8. The molecule has 3 unspecified atom stereocenters. The summed E-state index contributed by atoms with van der Waals surface area (Å²) in [6.45, 7) is 3.43. The fourth-order valence-corrected chi connectivity index (χ4v) is 3.38. The Hall–Kier alpha value is -1.27. The van der Waals surface area contributed by atoms with Crippen molar-refractivity contribution in [1.82, 2.24) is 0 Å². The van der Waals surface area contributed by atoms with Crippen LogP contribution in [-0.4, -0.2) is 50.1 Å². The molecule has 0 aromatic heterocycles. The van der Waals surface area contributed by atoms with Crippen molar-refractivity contribution in [2.75, 3.05) is 14.2 Å². The Labute approximate surface area is 124 Å². The number of methoxy groups -OCH3 is 2. The smallest absolute Gasteiger partial charge is 0.336 e. The molecule has 0 aromatic carbocycles. The number of ketones is 2. The third-order valence-corrected chi connectivity index (χ3v) is 4.92. The molecular formula is C15H22O6. The van der Waals surface area contributed by atoms with E-state index in [4.69, 9.17) is 14.2 Å². The van der Waals surface area contributed by atoms with Gasteiger partial charge in [0.05, 0.1) is 31.2 Å². The highest BCUT2D eigenvalue weighted by molar-refractivity contribution is 6.05. The lowest BCUT2D eigenvalue weighted by Crippen LogP contribution is -2.55. The van der Waals surface area contributed by atoms with Crippen LogP contribution in [0.15, 0.2) is 0 Å². The highest BCUT2D eigenvalue weighted by Crippen LogP contribution is 2.43. The van der Waals surface area contributed by atoms with Crippen molar-refractivity contribution >= 4 is 17.5 Å². The third kappa shape index (κ3) is 2.51. The van der Waals surface area contributed by atoms with Gasteiger partial charge in [-0.05, 0) is 19.8 Å². The third-order valence-electron chi connectivity index (χ3n) is 4.92. The second-order valence-corrected chi connectivity index (χ2v) is 6.02. The summed E-state index contributed by atoms with van der Waals surface area (Å²) in [5.74, 6) is -1.37. The van der Waals surface area contributed by atoms with Gasteiger partial charge in [0.1, 0.15) is 5.78 Å². The van der Waals surface area contributed by atoms with Crippen LogP contribution in [0.1, 0.15) is 33.1 Å². The molecule has 2 fully saturated rings. The van der Waals surface area contributed by atoms with Gasteiger partial charge in [-0.1, -0.05) is 6.92 Å². The molecular weight excluding hydrogens is 276 g/mol. The van der Waals surface area contributed by atoms with Gasteiger partial charge in [0.25, 0.3) is 0 Å². The molecule has 0 aliphatic carbocycles. The van der Waals surface area contributed by atoms with Crippen molar-refractivity contribution in [2.24, 2.45) is 11.3 Å². The standard InChI is InChI=1S/C15H22O6/c1-8-9(16)7-11(17)15(2,12-6-5-10(8)21-12)13(19-3)14(18)20-4/h8,10,12-13H,5-7H2,1-4H3/t8-,10?,12?,13?,15-/m0/s1. The van der Waals surface area contributed by atoms with E-state index in [-0.39, 0.29) is 30.0 Å². The number of esters is 1. The van der Waals surface area contributed by atoms with Gasteiger partial charge in [-0.25, -0.2) is 4.79 Å². The van der Waals surface area contributed by atoms with E-state index in [1.165, 1.54) is 14.2 Å². The maximum atomic E-state index is 12.7. The molecule has 0 aromatic rings. The summed E-state index contributed by atoms with van der Waals surface area (Å²) in [6, 6.07) is 0. The second kappa shape index (κ2) is 5.85. The van der Waals surface area contributed by atoms with Crippen LogP contribution in [0.25, 0.3) is 0 Å². The number of rotatable bonds is 3. The van der Waals surface area contributed by atoms with Crippen LogP contribution >= 0.6 is 0 Å². The lowest BCUT2D eigenvalue weighted by molar-refractivity contribution is -0.180. The van der Waals surface area contributed by atoms with Crippen LogP contribution in [0.4, 0.5) is 0 Å². The zero-order chi connectivity index (χ0) is 15.8. The van der Waals surface area contributed by atoms with E-state index < -0.39 is 23.6 Å². The summed E-state index contributed by atoms with van der Waals surface area (Å²) in [5.41, 5.74) is -1.20. The van der Waals surface area contributed by atoms with Crippen LogP contribution < -0.4 is 0 Å². The van der Waals surface area contributed by atoms with E-state index in [0.29, 0.717) is 12.8 Å². The molecule has 118 valence electrons. The Morgan fingerprint density at radius 1 is 1.33 bits per heavy atom. The maximum absolute atomic E-state index is 12.7. The van der Waals surface area contributed by atoms with Gasteiger partial charge in [-0.2, -0.15) is 0 Å². The van der Waals surface area contributed by atoms with Crippen molar-refractivity contribution in [2.45, 2.75) is 51.4 Å². The summed E-state index contributed by atoms with van der Waals surface area (Å²) in [6.07, 6.45) is -0.552. The van der Waals surface area contributed by atoms with E-state index >= 15 is 0 Å². The molecule has 2 saturated heterocycles. The first-order valence-corrected chi connectivity index (χ1v) is 7.18. The van der Waals surface area contributed by atoms with Gasteiger partial charge in [-0.3, -0.25) is 9.59 Å². The molecule has 0 saturated carbocycles. The monoisotopic (exact) mass is 298 g/mol. The van der Waals surface area contributed by atoms with Gasteiger partial charge in [0.15, 0.2) is 11.9 Å². The van der Waals surface area contributed by atoms with Crippen LogP contribution in [0.5, 0.6) is 0 Å². The summed E-state index contributed by atoms with van der Waals surface area (Å²) in [5, 5.41) is 0. The molecule has 2 aliphatic rings. The van der Waals surface area contributed by atoms with Crippen LogP contribution in [-0.2, 0) is 28.6 Å². The molecule has 2 bridgehead atoms. The Bertz CT molecular complexity index is 459. The van der Waals surface area contributed by atoms with Crippen molar-refractivity contribution in [1.29, 1.82) is 0 Å². The fourth-order valence-electron chi connectivity index (χ4n) is 3.38. The summed E-state index contributed by atoms with van der Waals surface area (Å²) < 4.78 is 15.9. The number of carbonyl (C=O) groups is 3. The zero-order valence-electron chi connectivity index (χ0n) is 12.9. The molecule has 2 heterocycles. The number of Topliss-reactive ketones (excluding diaryl/α,β-unsaturated/α-hetero) is 2. The minimum absolute atomic E-state index is 0.142. The van der Waals surface area contributed by atoms with Gasteiger partial charge in [0.2, 0.25) is 0 Å². The fraction of sp³-hybridized carbons (Fsp3) is 0.800. The van der Waals surface area contributed by atoms with Gasteiger partial charge < -0.3 is 14.2 Å². The Kier molecular flexibility index (Phi) is 4.49. The van der Waals surface area contributed by atoms with Gasteiger partial charge in [-0.15, -0.1) is 0 Å². The second-order valence-electron chi connectivity index (χ2n) is 6.02. The Balaban J connectivity index is 2.41. The number of hydrogen-bond acceptors (Lipinski definition) is 6. The predicted molar refractivity (Wildman–Crippen MR) is 72.6 cm³/mol. The van der Waals surface area contributed by atoms with Gasteiger partial charge >= 0.3 is 5.97 Å². The Morgan fingerprint density at radius 3 is 2.57 bits per heavy atom. The summed E-state index contributed by atoms with van der Waals surface area (Å²) >= 11 is 0. The van der Waals surface area contributed by atoms with E-state index in [2.05, 4.69) is 0 Å². The van der Waals surface area contributed by atoms with Crippen LogP contribution in [0.3, 0.4) is 0 Å². The first kappa shape index (κ1) is 16.1. The molecule has 0 radical (unpaired) electrons. The molecule has 6 heteroatoms. The number of hydrogen-bond donors (Lipinski definition) is 0. The molecule has 2 aliphatic heterocycles. The average Bonchev–Trinajstić information content (AvgIpc) is 2.96. The molecule has 0 amide bonds. The molecule has 2 rings (SSSR count). The van der Waals surface area contributed by atoms with Crippen molar-refractivity contribution in [3.63, 3.8) is 0 Å². The van der Waals surface area contributed by atoms with E-state index in [0.717, 1.165) is 0 Å². The van der Waals surface area contributed by atoms with E-state index in [1.807, 2.05) is 0 Å². The van der Waals surface area contributed by atoms with Crippen molar-refractivity contribution in [3.8, 4) is 0 Å². The van der Waals surface area contributed by atoms with Gasteiger partial charge in [0, 0.05) is 13.0 Å². The van der Waals surface area contributed by atoms with E-state index in [1.54, 1.807) is 13.8 Å². The highest BCUT2D eigenvalue weighted by atomic mass is 16.6. The quantitative estimate of drug-likeness (QED) is 0.569. The number of ether oxygens (including phenoxy) is 3. The highest BCUT2D eigenvalue weighted by Gasteiger charge is 2.56. The van der Waals surface area contributed by atoms with Crippen molar-refractivity contribution < 1.29 is 28.6 Å². The molecule has 0 N–H and O–H groups in total. The normalized spacial score (nSPS) is 37.8. The Morgan fingerprint density at radius 2 is 2.00 bits per heavy atom. The molecule has 21 heavy (non-hydrogen) atoms. The molecule has 5 atom stereocenters. The van der Waals surface area contributed by atoms with Crippen molar-refractivity contribution in [3.05, 3.63) is 0 Å². The first-order valence-electron chi connectivity index (χ1n) is 7.18. The lowest BCUT2D eigenvalue weighted by Gasteiger charge is -2.39. The molecule has 6 nitrogen and oxygen atoms in total. The summed E-state index contributed by atoms with van der Waals surface area (Å²) in [7, 11) is 2.60. The number of carbonyl (C=O) groups excluding carboxylic acids is 3. The lowest BCUT2D eigenvalue weighted by atomic mass is 9.72. The minimum Gasteiger partial charge on any atom is -0.467 e. The minimum atomic E-state index is -1.20. The molecule has 0 spiro atoms. The maximum Gasteiger partial charge on any atom is 0.336 e. The van der Waals surface area contributed by atoms with Crippen LogP contribution in [0, 0.1) is 11.3 Å². The predicted octanol–water partition coefficient (Wildman–Crippen LogP) is 0.906. The zero-order valence-corrected chi connectivity index (χ0v) is 12.9.